The van der Waals surface area contributed by atoms with E-state index in [9.17, 15) is 9.59 Å². The van der Waals surface area contributed by atoms with E-state index in [0.29, 0.717) is 18.8 Å². The summed E-state index contributed by atoms with van der Waals surface area (Å²) in [6.45, 7) is 3.78. The first kappa shape index (κ1) is 12.2. The van der Waals surface area contributed by atoms with Gasteiger partial charge in [0, 0.05) is 19.1 Å². The Morgan fingerprint density at radius 1 is 1.29 bits per heavy atom. The summed E-state index contributed by atoms with van der Waals surface area (Å²) >= 11 is 0. The van der Waals surface area contributed by atoms with Gasteiger partial charge in [0.15, 0.2) is 0 Å². The highest BCUT2D eigenvalue weighted by Gasteiger charge is 2.32. The lowest BCUT2D eigenvalue weighted by Gasteiger charge is -2.20. The normalized spacial score (nSPS) is 32.8. The monoisotopic (exact) mass is 240 g/mol. The third kappa shape index (κ3) is 2.90. The molecular weight excluding hydrogens is 220 g/mol. The van der Waals surface area contributed by atoms with Gasteiger partial charge in [0.2, 0.25) is 0 Å². The van der Waals surface area contributed by atoms with Crippen LogP contribution in [0.1, 0.15) is 32.6 Å². The maximum Gasteiger partial charge on any atom is 0.317 e. The number of carboxylic acids is 1. The topological polar surface area (TPSA) is 69.6 Å². The van der Waals surface area contributed by atoms with Gasteiger partial charge in [0.05, 0.1) is 5.92 Å². The van der Waals surface area contributed by atoms with Crippen LogP contribution in [-0.2, 0) is 4.79 Å². The zero-order valence-corrected chi connectivity index (χ0v) is 10.2. The average molecular weight is 240 g/mol. The number of rotatable bonds is 2. The predicted molar refractivity (Wildman–Crippen MR) is 62.7 cm³/mol. The molecule has 3 atom stereocenters. The lowest BCUT2D eigenvalue weighted by atomic mass is 10.1. The number of carbonyl (C=O) groups excluding carboxylic acids is 1. The third-order valence-corrected chi connectivity index (χ3v) is 3.82. The van der Waals surface area contributed by atoms with Crippen LogP contribution >= 0.6 is 0 Å². The zero-order chi connectivity index (χ0) is 12.4. The summed E-state index contributed by atoms with van der Waals surface area (Å²) in [6.07, 6.45) is 3.10. The molecule has 2 aliphatic rings. The van der Waals surface area contributed by atoms with Crippen LogP contribution in [0, 0.1) is 11.8 Å². The van der Waals surface area contributed by atoms with Crippen molar-refractivity contribution in [2.45, 2.75) is 38.6 Å². The Hall–Kier alpha value is -1.26. The molecule has 17 heavy (non-hydrogen) atoms. The van der Waals surface area contributed by atoms with Gasteiger partial charge >= 0.3 is 12.0 Å². The van der Waals surface area contributed by atoms with Crippen molar-refractivity contribution in [3.8, 4) is 0 Å². The molecule has 0 aromatic rings. The highest BCUT2D eigenvalue weighted by atomic mass is 16.4. The van der Waals surface area contributed by atoms with E-state index < -0.39 is 5.97 Å². The maximum absolute atomic E-state index is 11.9. The van der Waals surface area contributed by atoms with Crippen molar-refractivity contribution in [2.75, 3.05) is 13.1 Å². The van der Waals surface area contributed by atoms with Crippen LogP contribution in [0.3, 0.4) is 0 Å². The van der Waals surface area contributed by atoms with Gasteiger partial charge in [-0.15, -0.1) is 0 Å². The van der Waals surface area contributed by atoms with Crippen LogP contribution in [0.15, 0.2) is 0 Å². The number of nitrogens with zero attached hydrogens (tertiary/aromatic N) is 1. The molecule has 2 amide bonds. The first-order valence-electron chi connectivity index (χ1n) is 6.34. The maximum atomic E-state index is 11.9. The highest BCUT2D eigenvalue weighted by Crippen LogP contribution is 2.26. The standard InChI is InChI=1S/C12H20N2O3/c1-8-4-5-14(7-8)12(17)13-10-3-2-9(6-10)11(15)16/h8-10H,2-7H2,1H3,(H,13,17)(H,15,16)/t8?,9-,10+/m1/s1. The number of hydrogen-bond donors (Lipinski definition) is 2. The Morgan fingerprint density at radius 2 is 2.06 bits per heavy atom. The molecule has 0 aromatic heterocycles. The number of nitrogens with one attached hydrogen (secondary N) is 1. The van der Waals surface area contributed by atoms with E-state index >= 15 is 0 Å². The third-order valence-electron chi connectivity index (χ3n) is 3.82. The molecule has 2 N–H and O–H groups in total. The molecule has 2 rings (SSSR count). The van der Waals surface area contributed by atoms with Crippen molar-refractivity contribution >= 4 is 12.0 Å². The Kier molecular flexibility index (Phi) is 3.54. The van der Waals surface area contributed by atoms with E-state index in [1.165, 1.54) is 0 Å². The predicted octanol–water partition coefficient (Wildman–Crippen LogP) is 1.29. The van der Waals surface area contributed by atoms with Crippen molar-refractivity contribution in [3.63, 3.8) is 0 Å². The highest BCUT2D eigenvalue weighted by molar-refractivity contribution is 5.75. The lowest BCUT2D eigenvalue weighted by Crippen LogP contribution is -2.43. The molecule has 1 unspecified atom stereocenters. The second kappa shape index (κ2) is 4.94. The first-order valence-corrected chi connectivity index (χ1v) is 6.34. The summed E-state index contributed by atoms with van der Waals surface area (Å²) in [4.78, 5) is 24.5. The minimum absolute atomic E-state index is 0.0228. The molecule has 96 valence electrons. The largest absolute Gasteiger partial charge is 0.481 e. The lowest BCUT2D eigenvalue weighted by molar-refractivity contribution is -0.141. The molecule has 5 nitrogen and oxygen atoms in total. The fourth-order valence-corrected chi connectivity index (χ4v) is 2.72. The number of aliphatic carboxylic acids is 1. The minimum atomic E-state index is -0.739. The van der Waals surface area contributed by atoms with Crippen molar-refractivity contribution < 1.29 is 14.7 Å². The van der Waals surface area contributed by atoms with Gasteiger partial charge in [-0.3, -0.25) is 4.79 Å². The molecule has 0 aromatic carbocycles. The number of carbonyl (C=O) groups is 2. The van der Waals surface area contributed by atoms with Crippen molar-refractivity contribution in [3.05, 3.63) is 0 Å². The molecular formula is C12H20N2O3. The molecule has 2 fully saturated rings. The van der Waals surface area contributed by atoms with Crippen molar-refractivity contribution in [1.29, 1.82) is 0 Å². The van der Waals surface area contributed by atoms with E-state index in [0.717, 1.165) is 25.9 Å². The quantitative estimate of drug-likeness (QED) is 0.764. The van der Waals surface area contributed by atoms with Gasteiger partial charge in [-0.2, -0.15) is 0 Å². The molecule has 1 heterocycles. The summed E-state index contributed by atoms with van der Waals surface area (Å²) < 4.78 is 0. The van der Waals surface area contributed by atoms with Crippen LogP contribution in [0.25, 0.3) is 0 Å². The molecule has 1 saturated heterocycles. The number of carboxylic acid groups (broad SMARTS) is 1. The summed E-state index contributed by atoms with van der Waals surface area (Å²) in [5.74, 6) is -0.439. The molecule has 0 spiro atoms. The van der Waals surface area contributed by atoms with Gasteiger partial charge in [0.25, 0.3) is 0 Å². The molecule has 1 aliphatic carbocycles. The number of likely N-dealkylation sites (tertiary alicyclic amines) is 1. The molecule has 1 aliphatic heterocycles. The van der Waals surface area contributed by atoms with Crippen LogP contribution in [0.2, 0.25) is 0 Å². The summed E-state index contributed by atoms with van der Waals surface area (Å²) in [5.41, 5.74) is 0. The summed E-state index contributed by atoms with van der Waals surface area (Å²) in [6, 6.07) is 0.0184. The van der Waals surface area contributed by atoms with Gasteiger partial charge in [-0.05, 0) is 31.6 Å². The van der Waals surface area contributed by atoms with Crippen LogP contribution in [-0.4, -0.2) is 41.1 Å². The van der Waals surface area contributed by atoms with Crippen LogP contribution < -0.4 is 5.32 Å². The Morgan fingerprint density at radius 3 is 2.59 bits per heavy atom. The molecule has 0 bridgehead atoms. The first-order chi connectivity index (χ1) is 8.06. The van der Waals surface area contributed by atoms with Crippen molar-refractivity contribution in [1.82, 2.24) is 10.2 Å². The number of hydrogen-bond acceptors (Lipinski definition) is 2. The fourth-order valence-electron chi connectivity index (χ4n) is 2.72. The van der Waals surface area contributed by atoms with E-state index in [-0.39, 0.29) is 18.0 Å². The van der Waals surface area contributed by atoms with Crippen LogP contribution in [0.5, 0.6) is 0 Å². The van der Waals surface area contributed by atoms with E-state index in [4.69, 9.17) is 5.11 Å². The molecule has 1 saturated carbocycles. The average Bonchev–Trinajstić information content (AvgIpc) is 2.86. The fraction of sp³-hybridized carbons (Fsp3) is 0.833. The van der Waals surface area contributed by atoms with Crippen LogP contribution in [0.4, 0.5) is 4.79 Å². The van der Waals surface area contributed by atoms with Gasteiger partial charge in [0.1, 0.15) is 0 Å². The van der Waals surface area contributed by atoms with E-state index in [1.807, 2.05) is 4.90 Å². The Labute approximate surface area is 101 Å². The van der Waals surface area contributed by atoms with Crippen molar-refractivity contribution in [2.24, 2.45) is 11.8 Å². The van der Waals surface area contributed by atoms with Gasteiger partial charge in [-0.1, -0.05) is 6.92 Å². The minimum Gasteiger partial charge on any atom is -0.481 e. The zero-order valence-electron chi connectivity index (χ0n) is 10.2. The summed E-state index contributed by atoms with van der Waals surface area (Å²) in [5, 5.41) is 11.8. The van der Waals surface area contributed by atoms with E-state index in [2.05, 4.69) is 12.2 Å². The molecule has 5 heteroatoms. The smallest absolute Gasteiger partial charge is 0.317 e. The van der Waals surface area contributed by atoms with Gasteiger partial charge < -0.3 is 15.3 Å². The molecule has 0 radical (unpaired) electrons. The second-order valence-electron chi connectivity index (χ2n) is 5.33. The summed E-state index contributed by atoms with van der Waals surface area (Å²) in [7, 11) is 0. The SMILES string of the molecule is CC1CCN(C(=O)N[C@H]2CC[C@@H](C(=O)O)C2)C1. The second-order valence-corrected chi connectivity index (χ2v) is 5.33. The van der Waals surface area contributed by atoms with E-state index in [1.54, 1.807) is 0 Å². The Bertz CT molecular complexity index is 319. The Balaban J connectivity index is 1.78. The van der Waals surface area contributed by atoms with Gasteiger partial charge in [-0.25, -0.2) is 4.79 Å². The number of urea groups is 1. The number of amides is 2.